The maximum Gasteiger partial charge on any atom is 0.419 e. The van der Waals surface area contributed by atoms with E-state index >= 15 is 0 Å². The summed E-state index contributed by atoms with van der Waals surface area (Å²) in [5.41, 5.74) is 1.53. The van der Waals surface area contributed by atoms with Crippen molar-refractivity contribution in [3.8, 4) is 0 Å². The summed E-state index contributed by atoms with van der Waals surface area (Å²) in [5, 5.41) is 0. The van der Waals surface area contributed by atoms with Crippen molar-refractivity contribution in [1.82, 2.24) is 4.57 Å². The molecule has 21 heavy (non-hydrogen) atoms. The highest BCUT2D eigenvalue weighted by molar-refractivity contribution is 9.10. The van der Waals surface area contributed by atoms with E-state index in [9.17, 15) is 4.79 Å². The molecule has 0 aliphatic heterocycles. The van der Waals surface area contributed by atoms with Gasteiger partial charge in [-0.1, -0.05) is 34.1 Å². The fourth-order valence-corrected chi connectivity index (χ4v) is 3.64. The van der Waals surface area contributed by atoms with Crippen molar-refractivity contribution in [2.24, 2.45) is 0 Å². The van der Waals surface area contributed by atoms with Gasteiger partial charge in [0.2, 0.25) is 0 Å². The largest absolute Gasteiger partial charge is 0.419 e. The molecule has 0 spiro atoms. The molecule has 0 radical (unpaired) electrons. The predicted molar refractivity (Wildman–Crippen MR) is 90.0 cm³/mol. The molecule has 0 N–H and O–H groups in total. The molecule has 5 heteroatoms. The average Bonchev–Trinajstić information content (AvgIpc) is 2.79. The van der Waals surface area contributed by atoms with Crippen molar-refractivity contribution < 1.29 is 4.42 Å². The molecular formula is C16H14BrNO2S. The van der Waals surface area contributed by atoms with Crippen LogP contribution in [0.4, 0.5) is 0 Å². The lowest BCUT2D eigenvalue weighted by atomic mass is 10.3. The van der Waals surface area contributed by atoms with Gasteiger partial charge in [0.05, 0.1) is 5.52 Å². The molecule has 1 aromatic heterocycles. The Morgan fingerprint density at radius 3 is 2.86 bits per heavy atom. The smallest absolute Gasteiger partial charge is 0.408 e. The van der Waals surface area contributed by atoms with Gasteiger partial charge >= 0.3 is 5.76 Å². The summed E-state index contributed by atoms with van der Waals surface area (Å²) in [6.07, 6.45) is 0.917. The van der Waals surface area contributed by atoms with Crippen molar-refractivity contribution >= 4 is 38.8 Å². The zero-order valence-electron chi connectivity index (χ0n) is 11.3. The summed E-state index contributed by atoms with van der Waals surface area (Å²) in [4.78, 5) is 13.1. The molecular weight excluding hydrogens is 350 g/mol. The quantitative estimate of drug-likeness (QED) is 0.493. The van der Waals surface area contributed by atoms with Crippen molar-refractivity contribution in [1.29, 1.82) is 0 Å². The first kappa shape index (κ1) is 14.5. The van der Waals surface area contributed by atoms with Gasteiger partial charge in [-0.3, -0.25) is 4.57 Å². The Kier molecular flexibility index (Phi) is 4.51. The molecule has 3 rings (SSSR count). The fourth-order valence-electron chi connectivity index (χ4n) is 2.20. The molecule has 0 fully saturated rings. The predicted octanol–water partition coefficient (Wildman–Crippen LogP) is 4.54. The summed E-state index contributed by atoms with van der Waals surface area (Å²) in [5.74, 6) is 0.686. The molecule has 0 unspecified atom stereocenters. The van der Waals surface area contributed by atoms with Crippen LogP contribution in [0.3, 0.4) is 0 Å². The molecule has 0 aliphatic carbocycles. The highest BCUT2D eigenvalue weighted by Crippen LogP contribution is 2.22. The number of fused-ring (bicyclic) bond motifs is 1. The van der Waals surface area contributed by atoms with Crippen molar-refractivity contribution in [2.75, 3.05) is 5.75 Å². The van der Waals surface area contributed by atoms with Gasteiger partial charge in [-0.25, -0.2) is 4.79 Å². The highest BCUT2D eigenvalue weighted by atomic mass is 79.9. The molecule has 0 aliphatic rings. The molecule has 3 aromatic rings. The second-order valence-corrected chi connectivity index (χ2v) is 6.73. The van der Waals surface area contributed by atoms with E-state index in [1.807, 2.05) is 36.4 Å². The van der Waals surface area contributed by atoms with Crippen LogP contribution in [0.15, 0.2) is 67.1 Å². The molecule has 1 heterocycles. The van der Waals surface area contributed by atoms with Gasteiger partial charge in [-0.05, 0) is 42.5 Å². The van der Waals surface area contributed by atoms with Crippen LogP contribution in [-0.2, 0) is 6.54 Å². The number of aryl methyl sites for hydroxylation is 1. The number of aromatic nitrogens is 1. The average molecular weight is 364 g/mol. The van der Waals surface area contributed by atoms with Crippen LogP contribution in [-0.4, -0.2) is 10.3 Å². The van der Waals surface area contributed by atoms with Crippen LogP contribution in [0.1, 0.15) is 6.42 Å². The molecule has 3 nitrogen and oxygen atoms in total. The molecule has 0 bridgehead atoms. The Hall–Kier alpha value is -1.46. The monoisotopic (exact) mass is 363 g/mol. The lowest BCUT2D eigenvalue weighted by Gasteiger charge is -2.03. The topological polar surface area (TPSA) is 35.1 Å². The third kappa shape index (κ3) is 3.41. The zero-order chi connectivity index (χ0) is 14.7. The first-order chi connectivity index (χ1) is 10.2. The number of benzene rings is 2. The zero-order valence-corrected chi connectivity index (χ0v) is 13.7. The Morgan fingerprint density at radius 1 is 1.14 bits per heavy atom. The minimum Gasteiger partial charge on any atom is -0.408 e. The number of oxazole rings is 1. The molecule has 0 saturated carbocycles. The van der Waals surface area contributed by atoms with Crippen molar-refractivity contribution in [2.45, 2.75) is 17.9 Å². The summed E-state index contributed by atoms with van der Waals surface area (Å²) < 4.78 is 8.02. The van der Waals surface area contributed by atoms with Gasteiger partial charge in [0.1, 0.15) is 0 Å². The Morgan fingerprint density at radius 2 is 2.00 bits per heavy atom. The number of hydrogen-bond acceptors (Lipinski definition) is 3. The number of thioether (sulfide) groups is 1. The first-order valence-electron chi connectivity index (χ1n) is 6.71. The van der Waals surface area contributed by atoms with E-state index in [1.165, 1.54) is 4.90 Å². The molecule has 108 valence electrons. The lowest BCUT2D eigenvalue weighted by molar-refractivity contribution is 0.503. The van der Waals surface area contributed by atoms with Gasteiger partial charge in [0.25, 0.3) is 0 Å². The van der Waals surface area contributed by atoms with Gasteiger partial charge < -0.3 is 4.42 Å². The van der Waals surface area contributed by atoms with Crippen LogP contribution < -0.4 is 5.76 Å². The standard InChI is InChI=1S/C16H14BrNO2S/c17-12-5-3-6-13(11-12)21-10-4-9-18-14-7-1-2-8-15(14)20-16(18)19/h1-3,5-8,11H,4,9-10H2. The third-order valence-corrected chi connectivity index (χ3v) is 4.74. The SMILES string of the molecule is O=c1oc2ccccc2n1CCCSc1cccc(Br)c1. The number of nitrogens with zero attached hydrogens (tertiary/aromatic N) is 1. The van der Waals surface area contributed by atoms with Crippen molar-refractivity contribution in [3.05, 3.63) is 63.6 Å². The van der Waals surface area contributed by atoms with E-state index in [1.54, 1.807) is 16.3 Å². The molecule has 0 atom stereocenters. The van der Waals surface area contributed by atoms with Crippen LogP contribution >= 0.6 is 27.7 Å². The lowest BCUT2D eigenvalue weighted by Crippen LogP contribution is -2.14. The van der Waals surface area contributed by atoms with E-state index in [0.29, 0.717) is 12.1 Å². The highest BCUT2D eigenvalue weighted by Gasteiger charge is 2.07. The van der Waals surface area contributed by atoms with Crippen LogP contribution in [0.25, 0.3) is 11.1 Å². The third-order valence-electron chi connectivity index (χ3n) is 3.16. The van der Waals surface area contributed by atoms with Crippen LogP contribution in [0.5, 0.6) is 0 Å². The Bertz CT molecular complexity index is 809. The van der Waals surface area contributed by atoms with E-state index in [2.05, 4.69) is 28.1 Å². The summed E-state index contributed by atoms with van der Waals surface area (Å²) in [7, 11) is 0. The van der Waals surface area contributed by atoms with E-state index in [-0.39, 0.29) is 5.76 Å². The van der Waals surface area contributed by atoms with E-state index in [0.717, 1.165) is 22.2 Å². The minimum atomic E-state index is -0.274. The van der Waals surface area contributed by atoms with E-state index in [4.69, 9.17) is 4.42 Å². The maximum absolute atomic E-state index is 11.8. The first-order valence-corrected chi connectivity index (χ1v) is 8.48. The number of para-hydroxylation sites is 2. The number of hydrogen-bond donors (Lipinski definition) is 0. The fraction of sp³-hybridized carbons (Fsp3) is 0.188. The van der Waals surface area contributed by atoms with Gasteiger partial charge in [0, 0.05) is 15.9 Å². The second-order valence-electron chi connectivity index (χ2n) is 4.65. The molecule has 2 aromatic carbocycles. The van der Waals surface area contributed by atoms with Crippen LogP contribution in [0.2, 0.25) is 0 Å². The van der Waals surface area contributed by atoms with Gasteiger partial charge in [0.15, 0.2) is 5.58 Å². The summed E-state index contributed by atoms with van der Waals surface area (Å²) >= 11 is 5.26. The molecule has 0 amide bonds. The second kappa shape index (κ2) is 6.54. The molecule has 0 saturated heterocycles. The Labute approximate surface area is 135 Å². The Balaban J connectivity index is 1.62. The van der Waals surface area contributed by atoms with Crippen LogP contribution in [0, 0.1) is 0 Å². The van der Waals surface area contributed by atoms with Gasteiger partial charge in [-0.2, -0.15) is 0 Å². The number of rotatable bonds is 5. The normalized spacial score (nSPS) is 11.1. The number of halogens is 1. The minimum absolute atomic E-state index is 0.274. The summed E-state index contributed by atoms with van der Waals surface area (Å²) in [6, 6.07) is 15.8. The van der Waals surface area contributed by atoms with Gasteiger partial charge in [-0.15, -0.1) is 11.8 Å². The van der Waals surface area contributed by atoms with E-state index < -0.39 is 0 Å². The summed E-state index contributed by atoms with van der Waals surface area (Å²) in [6.45, 7) is 0.677. The maximum atomic E-state index is 11.8. The van der Waals surface area contributed by atoms with Crippen molar-refractivity contribution in [3.63, 3.8) is 0 Å².